The van der Waals surface area contributed by atoms with Gasteiger partial charge in [-0.15, -0.1) is 0 Å². The molecule has 3 heteroatoms. The van der Waals surface area contributed by atoms with Crippen LogP contribution in [0.4, 0.5) is 0 Å². The molecule has 0 aliphatic heterocycles. The largest absolute Gasteiger partial charge is 0.599 e. The molecule has 7 heavy (non-hydrogen) atoms. The summed E-state index contributed by atoms with van der Waals surface area (Å²) >= 11 is -1.11. The van der Waals surface area contributed by atoms with Gasteiger partial charge in [0, 0.05) is 11.4 Å². The Kier molecular flexibility index (Phi) is 14.0. The number of rotatable bonds is 0. The number of hydrogen-bond donors (Lipinski definition) is 1. The van der Waals surface area contributed by atoms with Gasteiger partial charge in [0.05, 0.1) is 0 Å². The van der Waals surface area contributed by atoms with E-state index in [2.05, 4.69) is 19.0 Å². The molecule has 2 N–H and O–H groups in total. The molecule has 1 unspecified atom stereocenters. The van der Waals surface area contributed by atoms with Crippen LogP contribution in [0.15, 0.2) is 0 Å². The first-order valence-electron chi connectivity index (χ1n) is 2.22. The van der Waals surface area contributed by atoms with Crippen LogP contribution in [-0.4, -0.2) is 10.8 Å². The Balaban J connectivity index is 0. The van der Waals surface area contributed by atoms with Gasteiger partial charge in [-0.2, -0.15) is 5.14 Å². The monoisotopic (exact) mass is 123 g/mol. The second-order valence-electron chi connectivity index (χ2n) is 1.21. The lowest BCUT2D eigenvalue weighted by molar-refractivity contribution is 0.602. The van der Waals surface area contributed by atoms with E-state index in [0.717, 1.165) is 0 Å². The molecule has 0 fully saturated rings. The lowest BCUT2D eigenvalue weighted by Gasteiger charge is -1.86. The summed E-state index contributed by atoms with van der Waals surface area (Å²) in [4.78, 5) is 0. The third kappa shape index (κ3) is 1570. The topological polar surface area (TPSA) is 49.1 Å². The van der Waals surface area contributed by atoms with Gasteiger partial charge >= 0.3 is 0 Å². The van der Waals surface area contributed by atoms with Crippen LogP contribution < -0.4 is 5.14 Å². The van der Waals surface area contributed by atoms with Crippen molar-refractivity contribution < 1.29 is 4.55 Å². The molecule has 1 atom stereocenters. The summed E-state index contributed by atoms with van der Waals surface area (Å²) in [6.07, 6.45) is 2.67. The van der Waals surface area contributed by atoms with Gasteiger partial charge in [0.1, 0.15) is 6.26 Å². The summed E-state index contributed by atoms with van der Waals surface area (Å²) in [7, 11) is 0. The predicted molar refractivity (Wildman–Crippen MR) is 34.2 cm³/mol. The molecule has 0 saturated carbocycles. The van der Waals surface area contributed by atoms with Crippen LogP contribution in [0, 0.1) is 0 Å². The molecule has 0 amide bonds. The van der Waals surface area contributed by atoms with Crippen LogP contribution in [0.5, 0.6) is 0 Å². The van der Waals surface area contributed by atoms with E-state index in [0.29, 0.717) is 0 Å². The van der Waals surface area contributed by atoms with Crippen LogP contribution in [0.1, 0.15) is 20.3 Å². The highest BCUT2D eigenvalue weighted by Crippen LogP contribution is 1.56. The zero-order chi connectivity index (χ0) is 6.28. The molecule has 2 nitrogen and oxygen atoms in total. The van der Waals surface area contributed by atoms with Gasteiger partial charge in [-0.05, 0) is 0 Å². The van der Waals surface area contributed by atoms with Crippen molar-refractivity contribution in [3.05, 3.63) is 0 Å². The second-order valence-corrected chi connectivity index (χ2v) is 2.20. The molecule has 0 rings (SSSR count). The Morgan fingerprint density at radius 3 is 1.57 bits per heavy atom. The first-order valence-corrected chi connectivity index (χ1v) is 3.85. The maximum Gasteiger partial charge on any atom is 0.115 e. The van der Waals surface area contributed by atoms with Gasteiger partial charge in [0.25, 0.3) is 0 Å². The van der Waals surface area contributed by atoms with Gasteiger partial charge in [-0.25, -0.2) is 0 Å². The first kappa shape index (κ1) is 10.3. The summed E-state index contributed by atoms with van der Waals surface area (Å²) in [5.41, 5.74) is 0. The molecular formula is C4H13NOS. The molecule has 0 aliphatic carbocycles. The Morgan fingerprint density at radius 2 is 1.57 bits per heavy atom. The van der Waals surface area contributed by atoms with Gasteiger partial charge in [-0.1, -0.05) is 20.3 Å². The maximum absolute atomic E-state index is 9.33. The average Bonchev–Trinajstić information content (AvgIpc) is 1.33. The molecule has 0 saturated heterocycles. The molecule has 0 spiro atoms. The van der Waals surface area contributed by atoms with E-state index in [9.17, 15) is 4.55 Å². The van der Waals surface area contributed by atoms with Crippen molar-refractivity contribution >= 4 is 11.4 Å². The number of hydrogen-bond acceptors (Lipinski definition) is 2. The molecule has 46 valence electrons. The van der Waals surface area contributed by atoms with Crippen molar-refractivity contribution in [2.75, 3.05) is 6.26 Å². The van der Waals surface area contributed by atoms with E-state index in [1.54, 1.807) is 0 Å². The summed E-state index contributed by atoms with van der Waals surface area (Å²) < 4.78 is 9.33. The Labute approximate surface area is 48.4 Å². The van der Waals surface area contributed by atoms with Crippen LogP contribution in [0.3, 0.4) is 0 Å². The van der Waals surface area contributed by atoms with E-state index in [1.807, 2.05) is 0 Å². The Hall–Kier alpha value is 0.270. The lowest BCUT2D eigenvalue weighted by atomic mass is 10.6. The summed E-state index contributed by atoms with van der Waals surface area (Å²) in [6, 6.07) is 0. The molecule has 0 aromatic carbocycles. The second kappa shape index (κ2) is 9.55. The van der Waals surface area contributed by atoms with Crippen LogP contribution in [-0.2, 0) is 11.4 Å². The predicted octanol–water partition coefficient (Wildman–Crippen LogP) is 0.655. The summed E-state index contributed by atoms with van der Waals surface area (Å²) in [5, 5.41) is 4.58. The van der Waals surface area contributed by atoms with Crippen LogP contribution in [0.2, 0.25) is 0 Å². The minimum absolute atomic E-state index is 1.11. The van der Waals surface area contributed by atoms with E-state index in [1.165, 1.54) is 12.7 Å². The van der Waals surface area contributed by atoms with Gasteiger partial charge in [0.2, 0.25) is 0 Å². The quantitative estimate of drug-likeness (QED) is 0.481. The third-order valence-electron chi connectivity index (χ3n) is 0. The molecule has 0 aromatic rings. The molecule has 0 aromatic heterocycles. The van der Waals surface area contributed by atoms with Crippen molar-refractivity contribution in [1.29, 1.82) is 0 Å². The fraction of sp³-hybridized carbons (Fsp3) is 1.00. The molecule has 0 bridgehead atoms. The van der Waals surface area contributed by atoms with E-state index < -0.39 is 11.4 Å². The first-order chi connectivity index (χ1) is 3.15. The van der Waals surface area contributed by atoms with E-state index >= 15 is 0 Å². The smallest absolute Gasteiger partial charge is 0.115 e. The van der Waals surface area contributed by atoms with Crippen molar-refractivity contribution in [1.82, 2.24) is 0 Å². The molecule has 0 heterocycles. The van der Waals surface area contributed by atoms with Crippen LogP contribution >= 0.6 is 0 Å². The lowest BCUT2D eigenvalue weighted by Crippen LogP contribution is -2.07. The Bertz CT molecular complexity index is 22.9. The Morgan fingerprint density at radius 1 is 1.57 bits per heavy atom. The minimum Gasteiger partial charge on any atom is -0.599 e. The zero-order valence-corrected chi connectivity index (χ0v) is 5.92. The fourth-order valence-electron chi connectivity index (χ4n) is 0. The van der Waals surface area contributed by atoms with Gasteiger partial charge in [0.15, 0.2) is 0 Å². The van der Waals surface area contributed by atoms with Crippen molar-refractivity contribution in [3.8, 4) is 0 Å². The van der Waals surface area contributed by atoms with E-state index in [4.69, 9.17) is 0 Å². The molecule has 0 radical (unpaired) electrons. The van der Waals surface area contributed by atoms with E-state index in [-0.39, 0.29) is 0 Å². The summed E-state index contributed by atoms with van der Waals surface area (Å²) in [5.74, 6) is 0. The number of nitrogens with two attached hydrogens (primary N) is 1. The van der Waals surface area contributed by atoms with Gasteiger partial charge in [-0.3, -0.25) is 0 Å². The third-order valence-corrected chi connectivity index (χ3v) is 0. The highest BCUT2D eigenvalue weighted by Gasteiger charge is 1.67. The SMILES string of the molecule is CCC.C[S+](N)[O-]. The fourth-order valence-corrected chi connectivity index (χ4v) is 0. The summed E-state index contributed by atoms with van der Waals surface area (Å²) in [6.45, 7) is 4.25. The van der Waals surface area contributed by atoms with Crippen molar-refractivity contribution in [2.45, 2.75) is 20.3 Å². The normalized spacial score (nSPS) is 11.6. The highest BCUT2D eigenvalue weighted by molar-refractivity contribution is 7.88. The highest BCUT2D eigenvalue weighted by atomic mass is 32.2. The minimum atomic E-state index is -1.11. The van der Waals surface area contributed by atoms with Crippen LogP contribution in [0.25, 0.3) is 0 Å². The molecule has 0 aliphatic rings. The molecular weight excluding hydrogens is 110 g/mol. The standard InChI is InChI=1S/C3H8.CH5NOS/c1-3-2;1-4(2)3/h3H2,1-2H3;2H2,1H3. The van der Waals surface area contributed by atoms with Gasteiger partial charge < -0.3 is 4.55 Å². The van der Waals surface area contributed by atoms with Crippen molar-refractivity contribution in [2.24, 2.45) is 5.14 Å². The maximum atomic E-state index is 9.33. The zero-order valence-electron chi connectivity index (χ0n) is 5.10. The average molecular weight is 123 g/mol. The van der Waals surface area contributed by atoms with Crippen molar-refractivity contribution in [3.63, 3.8) is 0 Å².